The number of carbonyl (C=O) groups excluding carboxylic acids is 3. The third kappa shape index (κ3) is 16.2. The lowest BCUT2D eigenvalue weighted by Crippen LogP contribution is -2.43. The van der Waals surface area contributed by atoms with Crippen LogP contribution in [0.2, 0.25) is 0 Å². The summed E-state index contributed by atoms with van der Waals surface area (Å²) in [6.45, 7) is 3.25. The van der Waals surface area contributed by atoms with Gasteiger partial charge in [0.2, 0.25) is 5.91 Å². The minimum absolute atomic E-state index is 0.152. The van der Waals surface area contributed by atoms with Crippen LogP contribution in [-0.2, 0) is 73.2 Å². The van der Waals surface area contributed by atoms with E-state index in [1.165, 1.54) is 104 Å². The number of carboxylic acids is 2. The molecule has 27 nitrogen and oxygen atoms in total. The Morgan fingerprint density at radius 3 is 1.22 bits per heavy atom. The van der Waals surface area contributed by atoms with E-state index < -0.39 is 102 Å². The van der Waals surface area contributed by atoms with Crippen molar-refractivity contribution in [2.45, 2.75) is 67.6 Å². The molecule has 0 aliphatic carbocycles. The number of halogens is 4. The van der Waals surface area contributed by atoms with Crippen LogP contribution in [0.3, 0.4) is 0 Å². The zero-order chi connectivity index (χ0) is 75.9. The lowest BCUT2D eigenvalue weighted by atomic mass is 9.85. The Labute approximate surface area is 604 Å². The van der Waals surface area contributed by atoms with Gasteiger partial charge in [-0.15, -0.1) is 0 Å². The highest BCUT2D eigenvalue weighted by Gasteiger charge is 2.34. The van der Waals surface area contributed by atoms with Gasteiger partial charge in [0.05, 0.1) is 72.1 Å². The zero-order valence-corrected chi connectivity index (χ0v) is 59.1. The van der Waals surface area contributed by atoms with Crippen molar-refractivity contribution in [3.8, 4) is 56.6 Å². The second-order valence-corrected chi connectivity index (χ2v) is 27.7. The SMILES string of the molecule is COc1cccc(OC)c1-c1ccc(CC(NC(=O)c2c(F)cc(NS(=O)(=O)c3ccc(-n4cncn4)cc3)cc2F)C(=O)O)c2c1CN(C(C)=O)CC2.COc1cccc(OC)c1-c1ccc(CC(NC(=O)c2c(F)cc(NS(=O)(=O)c3ccc(-n4cncn4)cc3)cc2F)C(=O)O)c2c1CN(C)CC2. The van der Waals surface area contributed by atoms with E-state index in [4.69, 9.17) is 18.9 Å². The fourth-order valence-electron chi connectivity index (χ4n) is 12.7. The van der Waals surface area contributed by atoms with E-state index in [0.717, 1.165) is 33.4 Å². The van der Waals surface area contributed by atoms with Gasteiger partial charge in [-0.05, 0) is 161 Å². The van der Waals surface area contributed by atoms with Crippen LogP contribution in [0.4, 0.5) is 28.9 Å². The summed E-state index contributed by atoms with van der Waals surface area (Å²) in [5.41, 5.74) is 5.33. The Morgan fingerprint density at radius 2 is 0.877 bits per heavy atom. The van der Waals surface area contributed by atoms with Gasteiger partial charge in [-0.25, -0.2) is 63.3 Å². The van der Waals surface area contributed by atoms with Gasteiger partial charge in [0.1, 0.15) is 94.8 Å². The van der Waals surface area contributed by atoms with Gasteiger partial charge in [-0.2, -0.15) is 10.2 Å². The Morgan fingerprint density at radius 1 is 0.509 bits per heavy atom. The van der Waals surface area contributed by atoms with Crippen molar-refractivity contribution in [2.24, 2.45) is 0 Å². The van der Waals surface area contributed by atoms with Crippen LogP contribution in [-0.4, -0.2) is 157 Å². The fourth-order valence-corrected chi connectivity index (χ4v) is 14.7. The molecule has 0 fully saturated rings. The highest BCUT2D eigenvalue weighted by molar-refractivity contribution is 7.93. The molecule has 4 heterocycles. The summed E-state index contributed by atoms with van der Waals surface area (Å²) in [4.78, 5) is 74.8. The Hall–Kier alpha value is -12.2. The summed E-state index contributed by atoms with van der Waals surface area (Å²) in [6, 6.07) is 28.1. The van der Waals surface area contributed by atoms with Crippen molar-refractivity contribution in [2.75, 3.05) is 58.0 Å². The molecule has 2 aliphatic rings. The van der Waals surface area contributed by atoms with E-state index in [1.807, 2.05) is 31.3 Å². The Kier molecular flexibility index (Phi) is 22.5. The number of nitrogens with one attached hydrogen (secondary N) is 4. The number of hydrogen-bond donors (Lipinski definition) is 6. The molecule has 8 aromatic carbocycles. The molecule has 12 rings (SSSR count). The van der Waals surface area contributed by atoms with Crippen LogP contribution in [0, 0.1) is 23.3 Å². The normalized spacial score (nSPS) is 13.3. The number of fused-ring (bicyclic) bond motifs is 2. The van der Waals surface area contributed by atoms with Crippen LogP contribution in [0.5, 0.6) is 23.0 Å². The van der Waals surface area contributed by atoms with Gasteiger partial charge in [0.15, 0.2) is 0 Å². The van der Waals surface area contributed by atoms with E-state index in [-0.39, 0.29) is 35.1 Å². The van der Waals surface area contributed by atoms with Gasteiger partial charge >= 0.3 is 11.9 Å². The molecule has 2 unspecified atom stereocenters. The molecule has 2 aromatic heterocycles. The molecule has 2 atom stereocenters. The summed E-state index contributed by atoms with van der Waals surface area (Å²) in [5, 5.41) is 32.6. The lowest BCUT2D eigenvalue weighted by molar-refractivity contribution is -0.140. The molecule has 3 amide bonds. The quantitative estimate of drug-likeness (QED) is 0.0308. The number of aromatic nitrogens is 6. The molecule has 10 aromatic rings. The smallest absolute Gasteiger partial charge is 0.326 e. The molecule has 0 bridgehead atoms. The predicted octanol–water partition coefficient (Wildman–Crippen LogP) is 8.80. The van der Waals surface area contributed by atoms with Crippen LogP contribution in [0.25, 0.3) is 33.6 Å². The first kappa shape index (κ1) is 74.9. The number of likely N-dealkylation sites (N-methyl/N-ethyl adjacent to an activating group) is 1. The van der Waals surface area contributed by atoms with Crippen LogP contribution >= 0.6 is 0 Å². The number of anilines is 2. The molecular weight excluding hydrogens is 1420 g/mol. The van der Waals surface area contributed by atoms with Crippen molar-refractivity contribution >= 4 is 61.1 Å². The number of methoxy groups -OCH3 is 4. The highest BCUT2D eigenvalue weighted by atomic mass is 32.2. The van der Waals surface area contributed by atoms with E-state index in [1.54, 1.807) is 55.5 Å². The number of nitrogens with zero attached hydrogens (tertiary/aromatic N) is 8. The first-order chi connectivity index (χ1) is 50.7. The summed E-state index contributed by atoms with van der Waals surface area (Å²) in [7, 11) is -0.492. The molecule has 0 saturated heterocycles. The molecule has 550 valence electrons. The van der Waals surface area contributed by atoms with Gasteiger partial charge < -0.3 is 49.6 Å². The number of amides is 3. The number of sulfonamides is 2. The van der Waals surface area contributed by atoms with Gasteiger partial charge in [-0.1, -0.05) is 36.4 Å². The number of carboxylic acid groups (broad SMARTS) is 2. The van der Waals surface area contributed by atoms with Crippen molar-refractivity contribution in [1.82, 2.24) is 50.0 Å². The number of aliphatic carboxylic acids is 2. The highest BCUT2D eigenvalue weighted by Crippen LogP contribution is 2.45. The molecule has 0 radical (unpaired) electrons. The monoisotopic (exact) mass is 1490 g/mol. The fraction of sp³-hybridized carbons (Fsp3) is 0.219. The van der Waals surface area contributed by atoms with E-state index >= 15 is 17.6 Å². The molecule has 2 aliphatic heterocycles. The Bertz CT molecular complexity index is 5160. The first-order valence-electron chi connectivity index (χ1n) is 32.4. The zero-order valence-electron chi connectivity index (χ0n) is 57.4. The molecular formula is C73H68F4N12O15S2. The van der Waals surface area contributed by atoms with Crippen molar-refractivity contribution in [3.63, 3.8) is 0 Å². The molecule has 33 heteroatoms. The van der Waals surface area contributed by atoms with Crippen molar-refractivity contribution < 1.29 is 87.5 Å². The summed E-state index contributed by atoms with van der Waals surface area (Å²) in [5.74, 6) is -9.11. The maximum absolute atomic E-state index is 15.3. The molecule has 106 heavy (non-hydrogen) atoms. The second-order valence-electron chi connectivity index (χ2n) is 24.4. The minimum Gasteiger partial charge on any atom is -0.496 e. The van der Waals surface area contributed by atoms with Gasteiger partial charge in [-0.3, -0.25) is 23.8 Å². The average Bonchev–Trinajstić information content (AvgIpc) is 1.36. The lowest BCUT2D eigenvalue weighted by Gasteiger charge is -2.32. The molecule has 0 saturated carbocycles. The number of rotatable bonds is 24. The van der Waals surface area contributed by atoms with E-state index in [9.17, 15) is 51.0 Å². The van der Waals surface area contributed by atoms with Gasteiger partial charge in [0, 0.05) is 45.9 Å². The maximum atomic E-state index is 15.3. The second kappa shape index (κ2) is 31.8. The minimum atomic E-state index is -4.32. The maximum Gasteiger partial charge on any atom is 0.326 e. The summed E-state index contributed by atoms with van der Waals surface area (Å²) >= 11 is 0. The first-order valence-corrected chi connectivity index (χ1v) is 35.3. The summed E-state index contributed by atoms with van der Waals surface area (Å²) < 4.78 is 143. The number of ether oxygens (including phenoxy) is 4. The average molecular weight is 1490 g/mol. The van der Waals surface area contributed by atoms with E-state index in [0.29, 0.717) is 113 Å². The number of carbonyl (C=O) groups is 5. The van der Waals surface area contributed by atoms with E-state index in [2.05, 4.69) is 45.1 Å². The van der Waals surface area contributed by atoms with Crippen molar-refractivity contribution in [3.05, 3.63) is 227 Å². The number of benzene rings is 8. The van der Waals surface area contributed by atoms with Crippen LogP contribution in [0.15, 0.2) is 169 Å². The topological polar surface area (TPSA) is 347 Å². The van der Waals surface area contributed by atoms with Crippen molar-refractivity contribution in [1.29, 1.82) is 0 Å². The largest absolute Gasteiger partial charge is 0.496 e. The van der Waals surface area contributed by atoms with Crippen LogP contribution in [0.1, 0.15) is 61.0 Å². The Balaban J connectivity index is 0.000000212. The molecule has 6 N–H and O–H groups in total. The predicted molar refractivity (Wildman–Crippen MR) is 377 cm³/mol. The third-order valence-corrected chi connectivity index (χ3v) is 20.6. The van der Waals surface area contributed by atoms with Crippen LogP contribution < -0.4 is 39.0 Å². The number of hydrogen-bond acceptors (Lipinski definition) is 18. The molecule has 0 spiro atoms. The van der Waals surface area contributed by atoms with Gasteiger partial charge in [0.25, 0.3) is 31.9 Å². The standard InChI is InChI=1S/C37H34F2N6O8S.C36H34F2N6O7S/c1-21(46)44-14-13-26-22(7-12-27(28(26)18-44)34-32(52-2)5-4-6-33(34)53-3)15-31(37(48)49)42-36(47)35-29(38)16-23(17-30(35)39)43-54(50,51)25-10-8-24(9-11-25)45-20-40-19-41-45;1-43-14-13-25-21(7-12-26(27(25)18-43)33-31(50-2)5-4-6-32(33)51-3)15-30(36(46)47)41-35(45)34-28(37)16-22(17-29(34)38)42-52(48,49)24-10-8-23(9-11-24)44-20-39-19-40-44/h4-12,16-17,19-20,31,43H,13-15,18H2,1-3H3,(H,42,47)(H,48,49);4-12,16-17,19-20,30,42H,13-15,18H2,1-3H3,(H,41,45)(H,46,47). The third-order valence-electron chi connectivity index (χ3n) is 17.8. The summed E-state index contributed by atoms with van der Waals surface area (Å²) in [6.07, 6.45) is 5.97.